The first kappa shape index (κ1) is 25.8. The molecule has 1 fully saturated rings. The Morgan fingerprint density at radius 3 is 2.03 bits per heavy atom. The summed E-state index contributed by atoms with van der Waals surface area (Å²) in [5.41, 5.74) is 3.85. The molecule has 0 aliphatic carbocycles. The molecule has 0 atom stereocenters. The zero-order valence-electron chi connectivity index (χ0n) is 21.0. The fourth-order valence-electron chi connectivity index (χ4n) is 4.24. The molecule has 0 N–H and O–H groups in total. The Bertz CT molecular complexity index is 752. The summed E-state index contributed by atoms with van der Waals surface area (Å²) in [5.74, 6) is 0. The van der Waals surface area contributed by atoms with Crippen LogP contribution in [0.25, 0.3) is 0 Å². The molecule has 0 spiro atoms. The number of hydrogen-bond acceptors (Lipinski definition) is 6. The van der Waals surface area contributed by atoms with Gasteiger partial charge in [-0.25, -0.2) is 0 Å². The molecular formula is C27H43N5O. The third-order valence-corrected chi connectivity index (χ3v) is 6.29. The maximum atomic E-state index is 5.77. The Kier molecular flexibility index (Phi) is 11.3. The summed E-state index contributed by atoms with van der Waals surface area (Å²) < 4.78 is 5.77. The van der Waals surface area contributed by atoms with Crippen LogP contribution in [-0.4, -0.2) is 98.2 Å². The number of rotatable bonds is 6. The fourth-order valence-corrected chi connectivity index (χ4v) is 4.24. The Labute approximate surface area is 201 Å². The molecule has 182 valence electrons. The maximum Gasteiger partial charge on any atom is 0.0543 e. The first-order chi connectivity index (χ1) is 16.1. The van der Waals surface area contributed by atoms with Crippen molar-refractivity contribution >= 4 is 0 Å². The van der Waals surface area contributed by atoms with E-state index in [-0.39, 0.29) is 0 Å². The largest absolute Gasteiger partial charge is 0.381 e. The average Bonchev–Trinajstić information content (AvgIpc) is 2.81. The smallest absolute Gasteiger partial charge is 0.0543 e. The second kappa shape index (κ2) is 14.4. The first-order valence-electron chi connectivity index (χ1n) is 12.4. The molecule has 6 nitrogen and oxygen atoms in total. The third kappa shape index (κ3) is 10.3. The minimum absolute atomic E-state index is 0.865. The van der Waals surface area contributed by atoms with E-state index in [2.05, 4.69) is 82.1 Å². The van der Waals surface area contributed by atoms with Crippen molar-refractivity contribution in [3.63, 3.8) is 0 Å². The van der Waals surface area contributed by atoms with Crippen LogP contribution in [-0.2, 0) is 24.4 Å². The lowest BCUT2D eigenvalue weighted by atomic mass is 10.1. The lowest BCUT2D eigenvalue weighted by molar-refractivity contribution is 0.106. The third-order valence-electron chi connectivity index (χ3n) is 6.29. The molecule has 0 bridgehead atoms. The molecule has 0 amide bonds. The molecule has 3 rings (SSSR count). The van der Waals surface area contributed by atoms with Crippen molar-refractivity contribution in [2.75, 3.05) is 73.6 Å². The van der Waals surface area contributed by atoms with Gasteiger partial charge in [0.05, 0.1) is 5.69 Å². The van der Waals surface area contributed by atoms with Crippen molar-refractivity contribution in [3.8, 4) is 0 Å². The molecule has 0 radical (unpaired) electrons. The molecule has 33 heavy (non-hydrogen) atoms. The zero-order valence-corrected chi connectivity index (χ0v) is 21.0. The van der Waals surface area contributed by atoms with E-state index in [1.165, 1.54) is 11.1 Å². The van der Waals surface area contributed by atoms with Crippen LogP contribution in [0.15, 0.2) is 48.7 Å². The van der Waals surface area contributed by atoms with E-state index in [1.807, 2.05) is 12.3 Å². The van der Waals surface area contributed by atoms with Crippen LogP contribution in [0.4, 0.5) is 0 Å². The summed E-state index contributed by atoms with van der Waals surface area (Å²) in [6.45, 7) is 11.2. The summed E-state index contributed by atoms with van der Waals surface area (Å²) in [5, 5.41) is 0. The predicted octanol–water partition coefficient (Wildman–Crippen LogP) is 3.19. The summed E-state index contributed by atoms with van der Waals surface area (Å²) in [7, 11) is 6.61. The minimum atomic E-state index is 0.865. The molecule has 0 unspecified atom stereocenters. The standard InChI is InChI=1S/C27H43N5O/c1-29-14-6-20-33-21-7-15-30(2)17-19-32(18-16-29)23-26-11-9-25(10-12-26)22-31(3)24-27-8-4-5-13-28-27/h4-5,8-13H,6-7,14-24H2,1-3H3. The van der Waals surface area contributed by atoms with Crippen LogP contribution in [0.1, 0.15) is 29.7 Å². The van der Waals surface area contributed by atoms with Gasteiger partial charge in [0, 0.05) is 78.3 Å². The van der Waals surface area contributed by atoms with E-state index in [0.29, 0.717) is 0 Å². The Hall–Kier alpha value is -1.83. The van der Waals surface area contributed by atoms with Crippen molar-refractivity contribution in [3.05, 3.63) is 65.5 Å². The van der Waals surface area contributed by atoms with Gasteiger partial charge in [0.15, 0.2) is 0 Å². The number of benzene rings is 1. The van der Waals surface area contributed by atoms with Crippen molar-refractivity contribution < 1.29 is 4.74 Å². The van der Waals surface area contributed by atoms with Crippen LogP contribution in [0.3, 0.4) is 0 Å². The molecule has 1 aliphatic rings. The minimum Gasteiger partial charge on any atom is -0.381 e. The van der Waals surface area contributed by atoms with Gasteiger partial charge in [-0.3, -0.25) is 14.8 Å². The van der Waals surface area contributed by atoms with Crippen LogP contribution in [0, 0.1) is 0 Å². The van der Waals surface area contributed by atoms with Crippen LogP contribution in [0.2, 0.25) is 0 Å². The number of pyridine rings is 1. The van der Waals surface area contributed by atoms with Crippen molar-refractivity contribution in [2.24, 2.45) is 0 Å². The van der Waals surface area contributed by atoms with Gasteiger partial charge in [-0.2, -0.15) is 0 Å². The predicted molar refractivity (Wildman–Crippen MR) is 136 cm³/mol. The van der Waals surface area contributed by atoms with E-state index < -0.39 is 0 Å². The molecule has 2 heterocycles. The van der Waals surface area contributed by atoms with Crippen LogP contribution in [0.5, 0.6) is 0 Å². The quantitative estimate of drug-likeness (QED) is 0.668. The molecule has 1 aromatic heterocycles. The van der Waals surface area contributed by atoms with E-state index in [0.717, 1.165) is 90.7 Å². The monoisotopic (exact) mass is 453 g/mol. The van der Waals surface area contributed by atoms with E-state index in [9.17, 15) is 0 Å². The number of nitrogens with zero attached hydrogens (tertiary/aromatic N) is 5. The normalized spacial score (nSPS) is 18.9. The number of ether oxygens (including phenoxy) is 1. The molecule has 1 aliphatic heterocycles. The Morgan fingerprint density at radius 1 is 0.788 bits per heavy atom. The molecular weight excluding hydrogens is 410 g/mol. The van der Waals surface area contributed by atoms with Gasteiger partial charge in [0.2, 0.25) is 0 Å². The topological polar surface area (TPSA) is 35.1 Å². The average molecular weight is 454 g/mol. The van der Waals surface area contributed by atoms with Gasteiger partial charge >= 0.3 is 0 Å². The van der Waals surface area contributed by atoms with E-state index >= 15 is 0 Å². The first-order valence-corrected chi connectivity index (χ1v) is 12.4. The summed E-state index contributed by atoms with van der Waals surface area (Å²) >= 11 is 0. The Morgan fingerprint density at radius 2 is 1.42 bits per heavy atom. The molecule has 1 aromatic carbocycles. The van der Waals surface area contributed by atoms with Crippen molar-refractivity contribution in [1.29, 1.82) is 0 Å². The highest BCUT2D eigenvalue weighted by Crippen LogP contribution is 2.11. The highest BCUT2D eigenvalue weighted by Gasteiger charge is 2.11. The van der Waals surface area contributed by atoms with E-state index in [4.69, 9.17) is 4.74 Å². The van der Waals surface area contributed by atoms with Gasteiger partial charge in [-0.1, -0.05) is 30.3 Å². The summed E-state index contributed by atoms with van der Waals surface area (Å²) in [6.07, 6.45) is 4.09. The summed E-state index contributed by atoms with van der Waals surface area (Å²) in [6, 6.07) is 15.3. The fraction of sp³-hybridized carbons (Fsp3) is 0.593. The SMILES string of the molecule is CN1CCCOCCCN(C)CCN(Cc2ccc(CN(C)Cc3ccccn3)cc2)CC1. The van der Waals surface area contributed by atoms with Crippen molar-refractivity contribution in [2.45, 2.75) is 32.5 Å². The molecule has 1 saturated heterocycles. The molecule has 0 saturated carbocycles. The highest BCUT2D eigenvalue weighted by atomic mass is 16.5. The lowest BCUT2D eigenvalue weighted by Crippen LogP contribution is -2.38. The second-order valence-electron chi connectivity index (χ2n) is 9.51. The van der Waals surface area contributed by atoms with Crippen LogP contribution >= 0.6 is 0 Å². The Balaban J connectivity index is 1.52. The molecule has 2 aromatic rings. The number of likely N-dealkylation sites (N-methyl/N-ethyl adjacent to an activating group) is 2. The van der Waals surface area contributed by atoms with Gasteiger partial charge in [0.25, 0.3) is 0 Å². The summed E-state index contributed by atoms with van der Waals surface area (Å²) in [4.78, 5) is 14.2. The van der Waals surface area contributed by atoms with Gasteiger partial charge in [0.1, 0.15) is 0 Å². The lowest BCUT2D eigenvalue weighted by Gasteiger charge is -2.28. The van der Waals surface area contributed by atoms with Crippen molar-refractivity contribution in [1.82, 2.24) is 24.6 Å². The van der Waals surface area contributed by atoms with E-state index in [1.54, 1.807) is 0 Å². The number of aromatic nitrogens is 1. The zero-order chi connectivity index (χ0) is 23.3. The van der Waals surface area contributed by atoms with Gasteiger partial charge in [-0.15, -0.1) is 0 Å². The molecule has 6 heteroatoms. The van der Waals surface area contributed by atoms with Gasteiger partial charge in [-0.05, 0) is 57.2 Å². The maximum absolute atomic E-state index is 5.77. The number of hydrogen-bond donors (Lipinski definition) is 0. The highest BCUT2D eigenvalue weighted by molar-refractivity contribution is 5.22. The second-order valence-corrected chi connectivity index (χ2v) is 9.51. The van der Waals surface area contributed by atoms with Gasteiger partial charge < -0.3 is 14.5 Å². The van der Waals surface area contributed by atoms with Crippen LogP contribution < -0.4 is 0 Å².